The molecule has 1 aliphatic carbocycles. The molecule has 0 spiro atoms. The minimum atomic E-state index is -0.357. The van der Waals surface area contributed by atoms with Crippen molar-refractivity contribution < 1.29 is 9.59 Å². The first-order valence-electron chi connectivity index (χ1n) is 6.79. The monoisotopic (exact) mass is 283 g/mol. The van der Waals surface area contributed by atoms with Gasteiger partial charge in [-0.15, -0.1) is 5.10 Å². The smallest absolute Gasteiger partial charge is 0.240 e. The molecule has 0 aromatic heterocycles. The molecule has 0 aromatic carbocycles. The Kier molecular flexibility index (Phi) is 4.18. The van der Waals surface area contributed by atoms with Crippen molar-refractivity contribution in [3.05, 3.63) is 0 Å². The predicted molar refractivity (Wildman–Crippen MR) is 76.3 cm³/mol. The summed E-state index contributed by atoms with van der Waals surface area (Å²) in [7, 11) is 0. The van der Waals surface area contributed by atoms with E-state index in [9.17, 15) is 9.59 Å². The Morgan fingerprint density at radius 2 is 1.95 bits per heavy atom. The van der Waals surface area contributed by atoms with Crippen molar-refractivity contribution in [3.63, 3.8) is 0 Å². The zero-order valence-electron chi connectivity index (χ0n) is 11.7. The summed E-state index contributed by atoms with van der Waals surface area (Å²) in [4.78, 5) is 22.6. The van der Waals surface area contributed by atoms with Gasteiger partial charge in [-0.2, -0.15) is 0 Å². The molecule has 6 heteroatoms. The lowest BCUT2D eigenvalue weighted by Gasteiger charge is -2.40. The quantitative estimate of drug-likeness (QED) is 0.803. The second-order valence-corrected chi connectivity index (χ2v) is 6.83. The van der Waals surface area contributed by atoms with Gasteiger partial charge < -0.3 is 5.32 Å². The topological polar surface area (TPSA) is 61.8 Å². The van der Waals surface area contributed by atoms with Gasteiger partial charge in [0.25, 0.3) is 0 Å². The average molecular weight is 283 g/mol. The van der Waals surface area contributed by atoms with Crippen LogP contribution in [0, 0.1) is 5.92 Å². The zero-order chi connectivity index (χ0) is 14.0. The highest BCUT2D eigenvalue weighted by Gasteiger charge is 2.48. The number of amidine groups is 1. The maximum absolute atomic E-state index is 11.8. The summed E-state index contributed by atoms with van der Waals surface area (Å²) in [5.41, 5.74) is 0. The van der Waals surface area contributed by atoms with Crippen molar-refractivity contribution >= 4 is 28.7 Å². The molecule has 0 radical (unpaired) electrons. The van der Waals surface area contributed by atoms with Gasteiger partial charge in [-0.05, 0) is 25.7 Å². The van der Waals surface area contributed by atoms with E-state index in [0.29, 0.717) is 11.1 Å². The van der Waals surface area contributed by atoms with E-state index in [2.05, 4.69) is 17.3 Å². The number of amides is 2. The minimum absolute atomic E-state index is 0.0686. The minimum Gasteiger partial charge on any atom is -0.304 e. The Hall–Kier alpha value is -1.04. The van der Waals surface area contributed by atoms with Gasteiger partial charge in [0, 0.05) is 13.8 Å². The molecule has 5 nitrogen and oxygen atoms in total. The maximum atomic E-state index is 11.8. The van der Waals surface area contributed by atoms with Crippen molar-refractivity contribution in [2.24, 2.45) is 11.0 Å². The van der Waals surface area contributed by atoms with E-state index in [0.717, 1.165) is 12.8 Å². The van der Waals surface area contributed by atoms with Gasteiger partial charge in [-0.3, -0.25) is 9.59 Å². The summed E-state index contributed by atoms with van der Waals surface area (Å²) in [6.45, 7) is 5.05. The molecule has 1 unspecified atom stereocenters. The molecule has 0 aromatic rings. The molecule has 1 atom stereocenters. The molecule has 2 aliphatic rings. The summed E-state index contributed by atoms with van der Waals surface area (Å²) in [5, 5.41) is 9.08. The molecule has 19 heavy (non-hydrogen) atoms. The highest BCUT2D eigenvalue weighted by atomic mass is 32.2. The molecule has 2 rings (SSSR count). The van der Waals surface area contributed by atoms with E-state index in [1.165, 1.54) is 44.9 Å². The van der Waals surface area contributed by atoms with Crippen LogP contribution in [0.1, 0.15) is 52.9 Å². The third-order valence-electron chi connectivity index (χ3n) is 3.86. The van der Waals surface area contributed by atoms with Crippen LogP contribution in [-0.4, -0.2) is 26.9 Å². The highest BCUT2D eigenvalue weighted by molar-refractivity contribution is 8.15. The molecule has 2 amide bonds. The molecule has 1 heterocycles. The maximum Gasteiger partial charge on any atom is 0.240 e. The normalized spacial score (nSPS) is 28.2. The number of hydrazone groups is 1. The van der Waals surface area contributed by atoms with E-state index < -0.39 is 0 Å². The van der Waals surface area contributed by atoms with Gasteiger partial charge in [0.1, 0.15) is 4.87 Å². The fraction of sp³-hybridized carbons (Fsp3) is 0.769. The first kappa shape index (κ1) is 14.4. The summed E-state index contributed by atoms with van der Waals surface area (Å²) >= 11 is 1.51. The summed E-state index contributed by atoms with van der Waals surface area (Å²) < 4.78 is 0. The van der Waals surface area contributed by atoms with Crippen LogP contribution >= 0.6 is 11.8 Å². The lowest BCUT2D eigenvalue weighted by Crippen LogP contribution is -2.46. The average Bonchev–Trinajstić information content (AvgIpc) is 2.68. The van der Waals surface area contributed by atoms with E-state index in [1.807, 2.05) is 0 Å². The number of hydrogen-bond acceptors (Lipinski definition) is 4. The molecule has 1 N–H and O–H groups in total. The second kappa shape index (κ2) is 5.53. The van der Waals surface area contributed by atoms with Gasteiger partial charge in [-0.1, -0.05) is 31.0 Å². The highest BCUT2D eigenvalue weighted by Crippen LogP contribution is 2.47. The van der Waals surface area contributed by atoms with Crippen LogP contribution in [0.25, 0.3) is 0 Å². The third kappa shape index (κ3) is 2.94. The number of nitrogens with one attached hydrogen (secondary N) is 1. The number of hydrogen-bond donors (Lipinski definition) is 1. The van der Waals surface area contributed by atoms with Gasteiger partial charge in [0.15, 0.2) is 5.17 Å². The van der Waals surface area contributed by atoms with Gasteiger partial charge in [-0.25, -0.2) is 5.01 Å². The molecule has 106 valence electrons. The number of carbonyl (C=O) groups excluding carboxylic acids is 2. The van der Waals surface area contributed by atoms with Crippen LogP contribution in [0.4, 0.5) is 0 Å². The Bertz CT molecular complexity index is 418. The molecule has 1 saturated carbocycles. The Morgan fingerprint density at radius 3 is 2.47 bits per heavy atom. The van der Waals surface area contributed by atoms with E-state index in [-0.39, 0.29) is 16.7 Å². The van der Waals surface area contributed by atoms with Crippen LogP contribution in [0.15, 0.2) is 5.10 Å². The molecule has 0 bridgehead atoms. The van der Waals surface area contributed by atoms with Gasteiger partial charge in [0.2, 0.25) is 11.8 Å². The number of thioether (sulfide) groups is 1. The lowest BCUT2D eigenvalue weighted by molar-refractivity contribution is -0.133. The Balaban J connectivity index is 2.19. The molecule has 0 saturated heterocycles. The van der Waals surface area contributed by atoms with Crippen LogP contribution < -0.4 is 5.32 Å². The lowest BCUT2D eigenvalue weighted by atomic mass is 9.84. The standard InChI is InChI=1S/C13H21N3O2S/c1-9(17)14-12-15-16(10(2)18)13(3,19-12)11-7-5-4-6-8-11/h11H,4-8H2,1-3H3,(H,14,15,17). The SMILES string of the molecule is CC(=O)NC1=NN(C(C)=O)C(C)(C2CCCCC2)S1. The number of nitrogens with zero attached hydrogens (tertiary/aromatic N) is 2. The van der Waals surface area contributed by atoms with Gasteiger partial charge in [0.05, 0.1) is 0 Å². The predicted octanol–water partition coefficient (Wildman–Crippen LogP) is 2.29. The second-order valence-electron chi connectivity index (χ2n) is 5.41. The largest absolute Gasteiger partial charge is 0.304 e. The Morgan fingerprint density at radius 1 is 1.32 bits per heavy atom. The first-order chi connectivity index (χ1) is 8.93. The Labute approximate surface area is 118 Å². The van der Waals surface area contributed by atoms with Crippen LogP contribution in [0.2, 0.25) is 0 Å². The number of rotatable bonds is 1. The molecule has 1 aliphatic heterocycles. The third-order valence-corrected chi connectivity index (χ3v) is 5.16. The summed E-state index contributed by atoms with van der Waals surface area (Å²) in [6, 6.07) is 0. The van der Waals surface area contributed by atoms with Crippen molar-refractivity contribution in [2.75, 3.05) is 0 Å². The van der Waals surface area contributed by atoms with Gasteiger partial charge >= 0.3 is 0 Å². The summed E-state index contributed by atoms with van der Waals surface area (Å²) in [5.74, 6) is 0.216. The molecular weight excluding hydrogens is 262 g/mol. The van der Waals surface area contributed by atoms with E-state index in [4.69, 9.17) is 0 Å². The molecule has 1 fully saturated rings. The first-order valence-corrected chi connectivity index (χ1v) is 7.61. The van der Waals surface area contributed by atoms with Crippen molar-refractivity contribution in [2.45, 2.75) is 57.7 Å². The fourth-order valence-electron chi connectivity index (χ4n) is 2.93. The number of carbonyl (C=O) groups is 2. The fourth-order valence-corrected chi connectivity index (χ4v) is 4.30. The van der Waals surface area contributed by atoms with Crippen molar-refractivity contribution in [3.8, 4) is 0 Å². The van der Waals surface area contributed by atoms with Crippen LogP contribution in [-0.2, 0) is 9.59 Å². The summed E-state index contributed by atoms with van der Waals surface area (Å²) in [6.07, 6.45) is 5.94. The molecular formula is C13H21N3O2S. The van der Waals surface area contributed by atoms with Crippen molar-refractivity contribution in [1.29, 1.82) is 0 Å². The van der Waals surface area contributed by atoms with Crippen molar-refractivity contribution in [1.82, 2.24) is 10.3 Å². The zero-order valence-corrected chi connectivity index (χ0v) is 12.5. The van der Waals surface area contributed by atoms with Crippen LogP contribution in [0.5, 0.6) is 0 Å². The van der Waals surface area contributed by atoms with Crippen LogP contribution in [0.3, 0.4) is 0 Å². The van der Waals surface area contributed by atoms with E-state index >= 15 is 0 Å². The van der Waals surface area contributed by atoms with E-state index in [1.54, 1.807) is 5.01 Å².